The summed E-state index contributed by atoms with van der Waals surface area (Å²) in [6, 6.07) is 6.30. The van der Waals surface area contributed by atoms with Crippen LogP contribution >= 0.6 is 0 Å². The molecule has 2 fully saturated rings. The Kier molecular flexibility index (Phi) is 4.08. The van der Waals surface area contributed by atoms with Crippen molar-refractivity contribution in [2.75, 3.05) is 5.32 Å². The lowest BCUT2D eigenvalue weighted by Crippen LogP contribution is -2.20. The van der Waals surface area contributed by atoms with E-state index in [4.69, 9.17) is 0 Å². The third-order valence-electron chi connectivity index (χ3n) is 4.71. The summed E-state index contributed by atoms with van der Waals surface area (Å²) in [4.78, 5) is 12.1. The van der Waals surface area contributed by atoms with E-state index in [9.17, 15) is 13.6 Å². The van der Waals surface area contributed by atoms with Crippen LogP contribution in [0.2, 0.25) is 0 Å². The number of anilines is 1. The number of ether oxygens (including phenoxy) is 1. The number of halogens is 2. The molecule has 2 bridgehead atoms. The first-order valence-electron chi connectivity index (χ1n) is 7.45. The maximum atomic E-state index is 12.3. The number of alkyl halides is 2. The van der Waals surface area contributed by atoms with Crippen molar-refractivity contribution in [2.24, 2.45) is 17.8 Å². The Hall–Kier alpha value is -1.65. The number of para-hydroxylation sites is 2. The molecular weight excluding hydrogens is 276 g/mol. The summed E-state index contributed by atoms with van der Waals surface area (Å²) in [5.74, 6) is 1.81. The predicted octanol–water partition coefficient (Wildman–Crippen LogP) is 4.05. The van der Waals surface area contributed by atoms with Gasteiger partial charge < -0.3 is 10.1 Å². The SMILES string of the molecule is O=C(C[C@@H]1C[C@@H]2CC[C@@H]1C2)Nc1ccccc1OC(F)F. The van der Waals surface area contributed by atoms with Crippen molar-refractivity contribution in [3.05, 3.63) is 24.3 Å². The Bertz CT molecular complexity index is 521. The normalized spacial score (nSPS) is 27.1. The molecule has 114 valence electrons. The van der Waals surface area contributed by atoms with Crippen LogP contribution in [0.15, 0.2) is 24.3 Å². The van der Waals surface area contributed by atoms with Crippen LogP contribution < -0.4 is 10.1 Å². The molecule has 0 spiro atoms. The predicted molar refractivity (Wildman–Crippen MR) is 75.3 cm³/mol. The first kappa shape index (κ1) is 14.3. The van der Waals surface area contributed by atoms with Crippen molar-refractivity contribution >= 4 is 11.6 Å². The molecule has 1 aromatic rings. The number of hydrogen-bond donors (Lipinski definition) is 1. The van der Waals surface area contributed by atoms with Crippen molar-refractivity contribution in [2.45, 2.75) is 38.7 Å². The topological polar surface area (TPSA) is 38.3 Å². The minimum absolute atomic E-state index is 0.00814. The van der Waals surface area contributed by atoms with Crippen molar-refractivity contribution in [1.82, 2.24) is 0 Å². The Morgan fingerprint density at radius 3 is 2.76 bits per heavy atom. The average molecular weight is 295 g/mol. The van der Waals surface area contributed by atoms with E-state index in [0.29, 0.717) is 23.9 Å². The fourth-order valence-corrected chi connectivity index (χ4v) is 3.83. The van der Waals surface area contributed by atoms with Crippen molar-refractivity contribution in [3.63, 3.8) is 0 Å². The number of nitrogens with one attached hydrogen (secondary N) is 1. The number of fused-ring (bicyclic) bond motifs is 2. The molecule has 5 heteroatoms. The summed E-state index contributed by atoms with van der Waals surface area (Å²) in [7, 11) is 0. The van der Waals surface area contributed by atoms with Gasteiger partial charge in [-0.1, -0.05) is 18.6 Å². The van der Waals surface area contributed by atoms with E-state index in [-0.39, 0.29) is 11.7 Å². The standard InChI is InChI=1S/C16H19F2NO2/c17-16(18)21-14-4-2-1-3-13(14)19-15(20)9-12-8-10-5-6-11(12)7-10/h1-4,10-12,16H,5-9H2,(H,19,20)/t10-,11-,12+/m1/s1. The fourth-order valence-electron chi connectivity index (χ4n) is 3.83. The molecule has 2 saturated carbocycles. The monoisotopic (exact) mass is 295 g/mol. The molecule has 0 radical (unpaired) electrons. The highest BCUT2D eigenvalue weighted by Gasteiger charge is 2.40. The van der Waals surface area contributed by atoms with Crippen LogP contribution in [0.1, 0.15) is 32.1 Å². The number of rotatable bonds is 5. The van der Waals surface area contributed by atoms with E-state index < -0.39 is 6.61 Å². The van der Waals surface area contributed by atoms with E-state index in [1.165, 1.54) is 25.3 Å². The maximum absolute atomic E-state index is 12.3. The molecule has 1 N–H and O–H groups in total. The van der Waals surface area contributed by atoms with Gasteiger partial charge in [0.15, 0.2) is 0 Å². The van der Waals surface area contributed by atoms with Crippen LogP contribution in [-0.2, 0) is 4.79 Å². The highest BCUT2D eigenvalue weighted by atomic mass is 19.3. The first-order valence-corrected chi connectivity index (χ1v) is 7.45. The molecule has 0 aliphatic heterocycles. The van der Waals surface area contributed by atoms with Crippen LogP contribution in [0.3, 0.4) is 0 Å². The third kappa shape index (κ3) is 3.34. The molecule has 0 aromatic heterocycles. The molecule has 2 aliphatic carbocycles. The second-order valence-electron chi connectivity index (χ2n) is 6.06. The molecule has 1 amide bonds. The van der Waals surface area contributed by atoms with Gasteiger partial charge >= 0.3 is 6.61 Å². The third-order valence-corrected chi connectivity index (χ3v) is 4.71. The molecule has 3 nitrogen and oxygen atoms in total. The molecule has 0 heterocycles. The second-order valence-corrected chi connectivity index (χ2v) is 6.06. The molecule has 3 atom stereocenters. The average Bonchev–Trinajstić information content (AvgIpc) is 3.02. The minimum Gasteiger partial charge on any atom is -0.433 e. The van der Waals surface area contributed by atoms with Gasteiger partial charge in [-0.05, 0) is 49.1 Å². The van der Waals surface area contributed by atoms with Gasteiger partial charge in [-0.25, -0.2) is 0 Å². The lowest BCUT2D eigenvalue weighted by Gasteiger charge is -2.21. The number of amides is 1. The lowest BCUT2D eigenvalue weighted by molar-refractivity contribution is -0.117. The van der Waals surface area contributed by atoms with E-state index in [1.807, 2.05) is 0 Å². The Labute approximate surface area is 122 Å². The van der Waals surface area contributed by atoms with Crippen molar-refractivity contribution in [1.29, 1.82) is 0 Å². The van der Waals surface area contributed by atoms with Crippen molar-refractivity contribution in [3.8, 4) is 5.75 Å². The zero-order chi connectivity index (χ0) is 14.8. The summed E-state index contributed by atoms with van der Waals surface area (Å²) < 4.78 is 29.1. The van der Waals surface area contributed by atoms with Gasteiger partial charge in [-0.15, -0.1) is 0 Å². The van der Waals surface area contributed by atoms with Crippen LogP contribution in [0, 0.1) is 17.8 Å². The zero-order valence-electron chi connectivity index (χ0n) is 11.7. The maximum Gasteiger partial charge on any atom is 0.387 e. The minimum atomic E-state index is -2.89. The smallest absolute Gasteiger partial charge is 0.387 e. The van der Waals surface area contributed by atoms with E-state index in [1.54, 1.807) is 18.2 Å². The molecule has 1 aromatic carbocycles. The molecular formula is C16H19F2NO2. The summed E-state index contributed by atoms with van der Waals surface area (Å²) in [6.07, 6.45) is 5.39. The number of benzene rings is 1. The largest absolute Gasteiger partial charge is 0.433 e. The van der Waals surface area contributed by atoms with Gasteiger partial charge in [-0.2, -0.15) is 8.78 Å². The Morgan fingerprint density at radius 2 is 2.10 bits per heavy atom. The molecule has 0 saturated heterocycles. The zero-order valence-corrected chi connectivity index (χ0v) is 11.7. The van der Waals surface area contributed by atoms with Gasteiger partial charge in [-0.3, -0.25) is 4.79 Å². The molecule has 0 unspecified atom stereocenters. The lowest BCUT2D eigenvalue weighted by atomic mass is 9.86. The highest BCUT2D eigenvalue weighted by molar-refractivity contribution is 5.92. The van der Waals surface area contributed by atoms with E-state index >= 15 is 0 Å². The van der Waals surface area contributed by atoms with Crippen LogP contribution in [0.4, 0.5) is 14.5 Å². The molecule has 3 rings (SSSR count). The highest BCUT2D eigenvalue weighted by Crippen LogP contribution is 2.49. The van der Waals surface area contributed by atoms with E-state index in [0.717, 1.165) is 12.3 Å². The van der Waals surface area contributed by atoms with Gasteiger partial charge in [0, 0.05) is 6.42 Å². The van der Waals surface area contributed by atoms with Crippen LogP contribution in [0.25, 0.3) is 0 Å². The number of carbonyl (C=O) groups excluding carboxylic acids is 1. The van der Waals surface area contributed by atoms with Crippen LogP contribution in [-0.4, -0.2) is 12.5 Å². The quantitative estimate of drug-likeness (QED) is 0.890. The van der Waals surface area contributed by atoms with E-state index in [2.05, 4.69) is 10.1 Å². The summed E-state index contributed by atoms with van der Waals surface area (Å²) in [6.45, 7) is -2.89. The number of hydrogen-bond acceptors (Lipinski definition) is 2. The second kappa shape index (κ2) is 6.00. The van der Waals surface area contributed by atoms with Gasteiger partial charge in [0.2, 0.25) is 5.91 Å². The summed E-state index contributed by atoms with van der Waals surface area (Å²) in [5.41, 5.74) is 0.311. The summed E-state index contributed by atoms with van der Waals surface area (Å²) in [5, 5.41) is 2.70. The Morgan fingerprint density at radius 1 is 1.29 bits per heavy atom. The first-order chi connectivity index (χ1) is 10.1. The summed E-state index contributed by atoms with van der Waals surface area (Å²) >= 11 is 0. The van der Waals surface area contributed by atoms with Crippen molar-refractivity contribution < 1.29 is 18.3 Å². The fraction of sp³-hybridized carbons (Fsp3) is 0.562. The van der Waals surface area contributed by atoms with Gasteiger partial charge in [0.1, 0.15) is 5.75 Å². The Balaban J connectivity index is 1.60. The molecule has 21 heavy (non-hydrogen) atoms. The number of carbonyl (C=O) groups is 1. The van der Waals surface area contributed by atoms with Crippen LogP contribution in [0.5, 0.6) is 5.75 Å². The van der Waals surface area contributed by atoms with Gasteiger partial charge in [0.25, 0.3) is 0 Å². The molecule has 2 aliphatic rings. The van der Waals surface area contributed by atoms with Gasteiger partial charge in [0.05, 0.1) is 5.69 Å².